The number of hydrogen-bond donors (Lipinski definition) is 1. The van der Waals surface area contributed by atoms with Crippen molar-refractivity contribution in [2.75, 3.05) is 7.11 Å². The zero-order valence-electron chi connectivity index (χ0n) is 10.9. The standard InChI is InChI=1S/C16H15NO2/c1-11-3-8-15(19-2)14(9-11)16(18)13-6-4-12(10-17)5-7-13/h3-9,16,18H,1-2H3. The molecular formula is C16H15NO2. The zero-order chi connectivity index (χ0) is 13.8. The fraction of sp³-hybridized carbons (Fsp3) is 0.188. The summed E-state index contributed by atoms with van der Waals surface area (Å²) in [5.41, 5.74) is 3.10. The number of nitrogens with zero attached hydrogens (tertiary/aromatic N) is 1. The van der Waals surface area contributed by atoms with Crippen LogP contribution in [0.4, 0.5) is 0 Å². The Morgan fingerprint density at radius 2 is 1.84 bits per heavy atom. The van der Waals surface area contributed by atoms with Gasteiger partial charge in [0.1, 0.15) is 11.9 Å². The van der Waals surface area contributed by atoms with Gasteiger partial charge in [-0.05, 0) is 36.8 Å². The fourth-order valence-corrected chi connectivity index (χ4v) is 1.99. The van der Waals surface area contributed by atoms with E-state index in [1.54, 1.807) is 31.4 Å². The first kappa shape index (κ1) is 13.1. The maximum absolute atomic E-state index is 10.4. The molecule has 0 aliphatic heterocycles. The molecule has 2 aromatic rings. The Labute approximate surface area is 112 Å². The van der Waals surface area contributed by atoms with Gasteiger partial charge < -0.3 is 9.84 Å². The summed E-state index contributed by atoms with van der Waals surface area (Å²) in [6.45, 7) is 1.97. The first-order chi connectivity index (χ1) is 9.15. The molecule has 2 rings (SSSR count). The highest BCUT2D eigenvalue weighted by Crippen LogP contribution is 2.30. The zero-order valence-corrected chi connectivity index (χ0v) is 10.9. The molecule has 0 radical (unpaired) electrons. The van der Waals surface area contributed by atoms with Crippen molar-refractivity contribution in [1.29, 1.82) is 5.26 Å². The summed E-state index contributed by atoms with van der Waals surface area (Å²) in [6.07, 6.45) is -0.761. The van der Waals surface area contributed by atoms with E-state index in [9.17, 15) is 5.11 Å². The van der Waals surface area contributed by atoms with Crippen molar-refractivity contribution >= 4 is 0 Å². The first-order valence-corrected chi connectivity index (χ1v) is 5.98. The van der Waals surface area contributed by atoms with Gasteiger partial charge in [-0.2, -0.15) is 5.26 Å². The van der Waals surface area contributed by atoms with Crippen LogP contribution in [0.3, 0.4) is 0 Å². The van der Waals surface area contributed by atoms with Gasteiger partial charge >= 0.3 is 0 Å². The average molecular weight is 253 g/mol. The van der Waals surface area contributed by atoms with E-state index in [1.165, 1.54) is 0 Å². The minimum absolute atomic E-state index is 0.576. The molecule has 0 spiro atoms. The molecule has 0 aromatic heterocycles. The molecule has 0 aliphatic carbocycles. The van der Waals surface area contributed by atoms with Crippen LogP contribution in [0.5, 0.6) is 5.75 Å². The number of rotatable bonds is 3. The number of benzene rings is 2. The molecule has 2 aromatic carbocycles. The Hall–Kier alpha value is -2.31. The minimum Gasteiger partial charge on any atom is -0.496 e. The molecule has 3 nitrogen and oxygen atoms in total. The maximum atomic E-state index is 10.4. The number of nitriles is 1. The van der Waals surface area contributed by atoms with E-state index >= 15 is 0 Å². The molecule has 1 atom stereocenters. The second-order valence-corrected chi connectivity index (χ2v) is 4.38. The summed E-state index contributed by atoms with van der Waals surface area (Å²) in [5.74, 6) is 0.655. The molecule has 19 heavy (non-hydrogen) atoms. The van der Waals surface area contributed by atoms with Crippen molar-refractivity contribution < 1.29 is 9.84 Å². The normalized spacial score (nSPS) is 11.7. The van der Waals surface area contributed by atoms with Crippen LogP contribution < -0.4 is 4.74 Å². The monoisotopic (exact) mass is 253 g/mol. The lowest BCUT2D eigenvalue weighted by molar-refractivity contribution is 0.214. The van der Waals surface area contributed by atoms with Crippen molar-refractivity contribution in [3.05, 3.63) is 64.7 Å². The van der Waals surface area contributed by atoms with Crippen LogP contribution in [0.1, 0.15) is 28.4 Å². The van der Waals surface area contributed by atoms with Gasteiger partial charge in [-0.15, -0.1) is 0 Å². The third-order valence-electron chi connectivity index (χ3n) is 3.04. The summed E-state index contributed by atoms with van der Waals surface area (Å²) >= 11 is 0. The molecule has 0 bridgehead atoms. The lowest BCUT2D eigenvalue weighted by Gasteiger charge is -2.16. The highest BCUT2D eigenvalue weighted by atomic mass is 16.5. The Morgan fingerprint density at radius 1 is 1.16 bits per heavy atom. The predicted molar refractivity (Wildman–Crippen MR) is 72.9 cm³/mol. The second kappa shape index (κ2) is 5.55. The maximum Gasteiger partial charge on any atom is 0.125 e. The molecule has 0 aliphatic rings. The largest absolute Gasteiger partial charge is 0.496 e. The van der Waals surface area contributed by atoms with Crippen molar-refractivity contribution in [1.82, 2.24) is 0 Å². The summed E-state index contributed by atoms with van der Waals surface area (Å²) < 4.78 is 5.28. The van der Waals surface area contributed by atoms with Crippen molar-refractivity contribution in [3.8, 4) is 11.8 Å². The molecule has 0 saturated heterocycles. The number of ether oxygens (including phenoxy) is 1. The van der Waals surface area contributed by atoms with Gasteiger partial charge in [-0.25, -0.2) is 0 Å². The van der Waals surface area contributed by atoms with E-state index in [0.717, 1.165) is 16.7 Å². The highest BCUT2D eigenvalue weighted by molar-refractivity contribution is 5.43. The second-order valence-electron chi connectivity index (χ2n) is 4.38. The fourth-order valence-electron chi connectivity index (χ4n) is 1.99. The van der Waals surface area contributed by atoms with E-state index in [1.807, 2.05) is 25.1 Å². The predicted octanol–water partition coefficient (Wildman–Crippen LogP) is 2.96. The molecule has 0 heterocycles. The minimum atomic E-state index is -0.761. The Bertz CT molecular complexity index is 612. The lowest BCUT2D eigenvalue weighted by Crippen LogP contribution is -2.03. The van der Waals surface area contributed by atoms with Gasteiger partial charge in [-0.3, -0.25) is 0 Å². The van der Waals surface area contributed by atoms with Gasteiger partial charge in [0.05, 0.1) is 18.7 Å². The molecule has 1 unspecified atom stereocenters. The number of aliphatic hydroxyl groups excluding tert-OH is 1. The molecule has 1 N–H and O–H groups in total. The summed E-state index contributed by atoms with van der Waals surface area (Å²) in [4.78, 5) is 0. The van der Waals surface area contributed by atoms with Crippen molar-refractivity contribution in [2.24, 2.45) is 0 Å². The molecule has 3 heteroatoms. The lowest BCUT2D eigenvalue weighted by atomic mass is 9.98. The first-order valence-electron chi connectivity index (χ1n) is 5.98. The smallest absolute Gasteiger partial charge is 0.125 e. The molecule has 0 amide bonds. The Morgan fingerprint density at radius 3 is 2.42 bits per heavy atom. The Balaban J connectivity index is 2.40. The van der Waals surface area contributed by atoms with Crippen LogP contribution in [0.2, 0.25) is 0 Å². The van der Waals surface area contributed by atoms with E-state index in [-0.39, 0.29) is 0 Å². The van der Waals surface area contributed by atoms with E-state index < -0.39 is 6.10 Å². The van der Waals surface area contributed by atoms with E-state index in [0.29, 0.717) is 11.3 Å². The molecule has 96 valence electrons. The quantitative estimate of drug-likeness (QED) is 0.915. The van der Waals surface area contributed by atoms with Gasteiger partial charge in [-0.1, -0.05) is 23.8 Å². The van der Waals surface area contributed by atoms with E-state index in [2.05, 4.69) is 6.07 Å². The van der Waals surface area contributed by atoms with Gasteiger partial charge in [0, 0.05) is 5.56 Å². The van der Waals surface area contributed by atoms with Crippen LogP contribution in [-0.4, -0.2) is 12.2 Å². The molecular weight excluding hydrogens is 238 g/mol. The molecule has 0 saturated carbocycles. The van der Waals surface area contributed by atoms with Crippen LogP contribution in [-0.2, 0) is 0 Å². The van der Waals surface area contributed by atoms with Crippen LogP contribution in [0, 0.1) is 18.3 Å². The summed E-state index contributed by atoms with van der Waals surface area (Å²) in [7, 11) is 1.58. The Kier molecular flexibility index (Phi) is 3.84. The van der Waals surface area contributed by atoms with Crippen LogP contribution in [0.15, 0.2) is 42.5 Å². The van der Waals surface area contributed by atoms with Gasteiger partial charge in [0.2, 0.25) is 0 Å². The number of aliphatic hydroxyl groups is 1. The molecule has 0 fully saturated rings. The third kappa shape index (κ3) is 2.75. The summed E-state index contributed by atoms with van der Waals surface area (Å²) in [5, 5.41) is 19.2. The third-order valence-corrected chi connectivity index (χ3v) is 3.04. The van der Waals surface area contributed by atoms with E-state index in [4.69, 9.17) is 10.00 Å². The van der Waals surface area contributed by atoms with Crippen LogP contribution in [0.25, 0.3) is 0 Å². The number of hydrogen-bond acceptors (Lipinski definition) is 3. The SMILES string of the molecule is COc1ccc(C)cc1C(O)c1ccc(C#N)cc1. The van der Waals surface area contributed by atoms with Crippen molar-refractivity contribution in [3.63, 3.8) is 0 Å². The average Bonchev–Trinajstić information content (AvgIpc) is 2.46. The van der Waals surface area contributed by atoms with Crippen LogP contribution >= 0.6 is 0 Å². The summed E-state index contributed by atoms with van der Waals surface area (Å²) in [6, 6.07) is 14.6. The number of aryl methyl sites for hydroxylation is 1. The van der Waals surface area contributed by atoms with Gasteiger partial charge in [0.25, 0.3) is 0 Å². The topological polar surface area (TPSA) is 53.2 Å². The number of methoxy groups -OCH3 is 1. The van der Waals surface area contributed by atoms with Gasteiger partial charge in [0.15, 0.2) is 0 Å². The highest BCUT2D eigenvalue weighted by Gasteiger charge is 2.15. The van der Waals surface area contributed by atoms with Crippen molar-refractivity contribution in [2.45, 2.75) is 13.0 Å².